The predicted molar refractivity (Wildman–Crippen MR) is 108 cm³/mol. The van der Waals surface area contributed by atoms with Crippen LogP contribution in [-0.4, -0.2) is 23.8 Å². The first-order valence-electron chi connectivity index (χ1n) is 8.64. The number of aryl methyl sites for hydroxylation is 1. The van der Waals surface area contributed by atoms with Crippen LogP contribution in [0.4, 0.5) is 11.5 Å². The fourth-order valence-electron chi connectivity index (χ4n) is 3.24. The van der Waals surface area contributed by atoms with Gasteiger partial charge in [-0.3, -0.25) is 0 Å². The maximum Gasteiger partial charge on any atom is 0.231 e. The first-order chi connectivity index (χ1) is 13.2. The predicted octanol–water partition coefficient (Wildman–Crippen LogP) is 5.16. The van der Waals surface area contributed by atoms with Crippen molar-refractivity contribution in [1.82, 2.24) is 9.97 Å². The number of nitrogens with zero attached hydrogens (tertiary/aromatic N) is 3. The van der Waals surface area contributed by atoms with Crippen LogP contribution >= 0.6 is 11.3 Å². The standard InChI is InChI=1S/C21H17N3O2S/c1-13-4-3-5-14(8-13)19-10-16-20(27-19)21(23-11-22-16)24(2)15-6-7-17-18(9-15)26-12-25-17/h3-11H,12H2,1-2H3. The lowest BCUT2D eigenvalue weighted by atomic mass is 10.1. The monoisotopic (exact) mass is 375 g/mol. The maximum atomic E-state index is 5.51. The zero-order chi connectivity index (χ0) is 18.4. The number of fused-ring (bicyclic) bond motifs is 2. The molecule has 1 aliphatic heterocycles. The molecule has 0 bridgehead atoms. The zero-order valence-corrected chi connectivity index (χ0v) is 15.8. The average molecular weight is 375 g/mol. The van der Waals surface area contributed by atoms with Crippen LogP contribution in [0.3, 0.4) is 0 Å². The third-order valence-corrected chi connectivity index (χ3v) is 5.83. The molecule has 134 valence electrons. The fourth-order valence-corrected chi connectivity index (χ4v) is 4.37. The van der Waals surface area contributed by atoms with Gasteiger partial charge in [0.1, 0.15) is 6.33 Å². The van der Waals surface area contributed by atoms with Crippen molar-refractivity contribution in [2.24, 2.45) is 0 Å². The van der Waals surface area contributed by atoms with Crippen LogP contribution in [0.1, 0.15) is 5.56 Å². The zero-order valence-electron chi connectivity index (χ0n) is 15.0. The van der Waals surface area contributed by atoms with Gasteiger partial charge in [0.15, 0.2) is 17.3 Å². The molecule has 0 atom stereocenters. The van der Waals surface area contributed by atoms with Gasteiger partial charge in [-0.05, 0) is 30.7 Å². The van der Waals surface area contributed by atoms with Crippen LogP contribution < -0.4 is 14.4 Å². The second kappa shape index (κ2) is 6.25. The molecule has 0 saturated carbocycles. The molecule has 27 heavy (non-hydrogen) atoms. The van der Waals surface area contributed by atoms with Gasteiger partial charge < -0.3 is 14.4 Å². The number of rotatable bonds is 3. The molecule has 3 heterocycles. The van der Waals surface area contributed by atoms with Crippen LogP contribution in [0.2, 0.25) is 0 Å². The number of benzene rings is 2. The largest absolute Gasteiger partial charge is 0.454 e. The van der Waals surface area contributed by atoms with Crippen molar-refractivity contribution in [3.05, 3.63) is 60.4 Å². The summed E-state index contributed by atoms with van der Waals surface area (Å²) in [5.74, 6) is 2.41. The van der Waals surface area contributed by atoms with E-state index in [1.165, 1.54) is 16.0 Å². The molecule has 0 aliphatic carbocycles. The number of ether oxygens (including phenoxy) is 2. The minimum atomic E-state index is 0.269. The van der Waals surface area contributed by atoms with Crippen LogP contribution in [0.25, 0.3) is 20.7 Å². The van der Waals surface area contributed by atoms with E-state index in [2.05, 4.69) is 52.1 Å². The van der Waals surface area contributed by atoms with Crippen molar-refractivity contribution in [1.29, 1.82) is 0 Å². The summed E-state index contributed by atoms with van der Waals surface area (Å²) in [7, 11) is 2.01. The van der Waals surface area contributed by atoms with Crippen molar-refractivity contribution >= 4 is 33.1 Å². The summed E-state index contributed by atoms with van der Waals surface area (Å²) in [6.07, 6.45) is 1.62. The fraction of sp³-hybridized carbons (Fsp3) is 0.143. The molecule has 0 radical (unpaired) electrons. The molecule has 0 saturated heterocycles. The normalized spacial score (nSPS) is 12.5. The molecule has 5 rings (SSSR count). The highest BCUT2D eigenvalue weighted by Crippen LogP contribution is 2.41. The van der Waals surface area contributed by atoms with Gasteiger partial charge in [-0.1, -0.05) is 29.8 Å². The quantitative estimate of drug-likeness (QED) is 0.495. The molecule has 0 unspecified atom stereocenters. The van der Waals surface area contributed by atoms with E-state index in [1.54, 1.807) is 17.7 Å². The molecular formula is C21H17N3O2S. The molecule has 0 N–H and O–H groups in total. The molecule has 0 fully saturated rings. The van der Waals surface area contributed by atoms with E-state index < -0.39 is 0 Å². The van der Waals surface area contributed by atoms with E-state index in [1.807, 2.05) is 25.2 Å². The Morgan fingerprint density at radius 2 is 1.89 bits per heavy atom. The second-order valence-corrected chi connectivity index (χ2v) is 7.54. The summed E-state index contributed by atoms with van der Waals surface area (Å²) in [6, 6.07) is 16.6. The van der Waals surface area contributed by atoms with Gasteiger partial charge in [0, 0.05) is 23.7 Å². The van der Waals surface area contributed by atoms with Crippen LogP contribution in [0.15, 0.2) is 54.9 Å². The highest BCUT2D eigenvalue weighted by atomic mass is 32.1. The van der Waals surface area contributed by atoms with Gasteiger partial charge in [-0.2, -0.15) is 0 Å². The smallest absolute Gasteiger partial charge is 0.231 e. The molecule has 2 aromatic heterocycles. The first-order valence-corrected chi connectivity index (χ1v) is 9.46. The Morgan fingerprint density at radius 3 is 2.78 bits per heavy atom. The molecule has 1 aliphatic rings. The number of thiophene rings is 1. The molecule has 5 nitrogen and oxygen atoms in total. The Morgan fingerprint density at radius 1 is 1.00 bits per heavy atom. The Hall–Kier alpha value is -3.12. The van der Waals surface area contributed by atoms with Gasteiger partial charge in [-0.15, -0.1) is 11.3 Å². The lowest BCUT2D eigenvalue weighted by Gasteiger charge is -2.19. The van der Waals surface area contributed by atoms with Crippen molar-refractivity contribution in [3.63, 3.8) is 0 Å². The topological polar surface area (TPSA) is 47.5 Å². The van der Waals surface area contributed by atoms with Gasteiger partial charge >= 0.3 is 0 Å². The van der Waals surface area contributed by atoms with Gasteiger partial charge in [0.25, 0.3) is 0 Å². The molecule has 4 aromatic rings. The average Bonchev–Trinajstić information content (AvgIpc) is 3.33. The minimum Gasteiger partial charge on any atom is -0.454 e. The van der Waals surface area contributed by atoms with Gasteiger partial charge in [0.05, 0.1) is 10.2 Å². The van der Waals surface area contributed by atoms with Crippen molar-refractivity contribution in [3.8, 4) is 21.9 Å². The van der Waals surface area contributed by atoms with E-state index in [-0.39, 0.29) is 6.79 Å². The lowest BCUT2D eigenvalue weighted by Crippen LogP contribution is -2.11. The molecule has 0 amide bonds. The number of hydrogen-bond acceptors (Lipinski definition) is 6. The Balaban J connectivity index is 1.59. The Labute approximate surface area is 160 Å². The second-order valence-electron chi connectivity index (χ2n) is 6.49. The third kappa shape index (κ3) is 2.78. The highest BCUT2D eigenvalue weighted by Gasteiger charge is 2.18. The van der Waals surface area contributed by atoms with Crippen LogP contribution in [-0.2, 0) is 0 Å². The highest BCUT2D eigenvalue weighted by molar-refractivity contribution is 7.22. The van der Waals surface area contributed by atoms with E-state index in [9.17, 15) is 0 Å². The molecule has 2 aromatic carbocycles. The van der Waals surface area contributed by atoms with E-state index in [0.717, 1.165) is 33.2 Å². The summed E-state index contributed by atoms with van der Waals surface area (Å²) in [5, 5.41) is 0. The molecule has 0 spiro atoms. The van der Waals surface area contributed by atoms with Crippen molar-refractivity contribution < 1.29 is 9.47 Å². The molecular weight excluding hydrogens is 358 g/mol. The maximum absolute atomic E-state index is 5.51. The summed E-state index contributed by atoms with van der Waals surface area (Å²) >= 11 is 1.71. The number of aromatic nitrogens is 2. The van der Waals surface area contributed by atoms with E-state index in [4.69, 9.17) is 9.47 Å². The first kappa shape index (κ1) is 16.1. The Kier molecular flexibility index (Phi) is 3.72. The van der Waals surface area contributed by atoms with Crippen molar-refractivity contribution in [2.45, 2.75) is 6.92 Å². The van der Waals surface area contributed by atoms with Gasteiger partial charge in [-0.25, -0.2) is 9.97 Å². The summed E-state index contributed by atoms with van der Waals surface area (Å²) < 4.78 is 12.0. The minimum absolute atomic E-state index is 0.269. The summed E-state index contributed by atoms with van der Waals surface area (Å²) in [6.45, 7) is 2.38. The molecule has 6 heteroatoms. The summed E-state index contributed by atoms with van der Waals surface area (Å²) in [4.78, 5) is 12.3. The SMILES string of the molecule is Cc1cccc(-c2cc3ncnc(N(C)c4ccc5c(c4)OCO5)c3s2)c1. The van der Waals surface area contributed by atoms with E-state index in [0.29, 0.717) is 0 Å². The van der Waals surface area contributed by atoms with Gasteiger partial charge in [0.2, 0.25) is 6.79 Å². The van der Waals surface area contributed by atoms with E-state index >= 15 is 0 Å². The van der Waals surface area contributed by atoms with Crippen LogP contribution in [0, 0.1) is 6.92 Å². The summed E-state index contributed by atoms with van der Waals surface area (Å²) in [5.41, 5.74) is 4.39. The number of hydrogen-bond donors (Lipinski definition) is 0. The van der Waals surface area contributed by atoms with Crippen LogP contribution in [0.5, 0.6) is 11.5 Å². The lowest BCUT2D eigenvalue weighted by molar-refractivity contribution is 0.174. The van der Waals surface area contributed by atoms with Crippen molar-refractivity contribution in [2.75, 3.05) is 18.7 Å². The number of anilines is 2. The third-order valence-electron chi connectivity index (χ3n) is 4.66. The Bertz CT molecular complexity index is 1160.